The number of esters is 1. The molecule has 1 rings (SSSR count). The number of Topliss-reactive ketones (excluding diaryl/α,β-unsaturated/α-hetero) is 1. The molecule has 1 aliphatic rings. The zero-order valence-corrected chi connectivity index (χ0v) is 13.5. The summed E-state index contributed by atoms with van der Waals surface area (Å²) in [7, 11) is 0. The maximum atomic E-state index is 12.2. The summed E-state index contributed by atoms with van der Waals surface area (Å²) < 4.78 is 5.06. The van der Waals surface area contributed by atoms with E-state index in [4.69, 9.17) is 4.74 Å². The van der Waals surface area contributed by atoms with Gasteiger partial charge >= 0.3 is 5.97 Å². The summed E-state index contributed by atoms with van der Waals surface area (Å²) in [6.45, 7) is 4.35. The van der Waals surface area contributed by atoms with E-state index in [0.717, 1.165) is 44.9 Å². The molecule has 21 heavy (non-hydrogen) atoms. The highest BCUT2D eigenvalue weighted by Crippen LogP contribution is 2.25. The molecule has 0 aromatic carbocycles. The molecule has 0 saturated heterocycles. The first-order valence-corrected chi connectivity index (χ1v) is 8.38. The molecule has 1 atom stereocenters. The molecule has 0 unspecified atom stereocenters. The summed E-state index contributed by atoms with van der Waals surface area (Å²) in [4.78, 5) is 27.7. The maximum absolute atomic E-state index is 12.2. The summed E-state index contributed by atoms with van der Waals surface area (Å²) in [5.74, 6) is -0.132. The van der Waals surface area contributed by atoms with Gasteiger partial charge in [0.15, 0.2) is 5.78 Å². The Hall–Kier alpha value is -1.19. The van der Waals surface area contributed by atoms with E-state index >= 15 is 0 Å². The van der Waals surface area contributed by atoms with Crippen molar-refractivity contribution < 1.29 is 14.3 Å². The van der Waals surface area contributed by atoms with Crippen molar-refractivity contribution in [3.05, 3.63) is 0 Å². The molecule has 1 aliphatic carbocycles. The monoisotopic (exact) mass is 295 g/mol. The van der Waals surface area contributed by atoms with E-state index in [2.05, 4.69) is 11.9 Å². The predicted octanol–water partition coefficient (Wildman–Crippen LogP) is 3.72. The average molecular weight is 295 g/mol. The Labute approximate surface area is 128 Å². The number of unbranched alkanes of at least 4 members (excludes halogenated alkanes) is 3. The van der Waals surface area contributed by atoms with Gasteiger partial charge in [0.05, 0.1) is 6.61 Å². The second-order valence-corrected chi connectivity index (χ2v) is 5.92. The molecule has 0 spiro atoms. The molecule has 1 fully saturated rings. The van der Waals surface area contributed by atoms with Crippen LogP contribution < -0.4 is 0 Å². The Morgan fingerprint density at radius 1 is 1.19 bits per heavy atom. The van der Waals surface area contributed by atoms with Gasteiger partial charge in [-0.15, -0.1) is 0 Å². The van der Waals surface area contributed by atoms with Gasteiger partial charge in [0, 0.05) is 5.92 Å². The minimum atomic E-state index is -0.435. The zero-order valence-electron chi connectivity index (χ0n) is 13.5. The molecule has 4 nitrogen and oxygen atoms in total. The van der Waals surface area contributed by atoms with Crippen molar-refractivity contribution in [3.8, 4) is 0 Å². The molecule has 0 aliphatic heterocycles. The number of carbonyl (C=O) groups is 2. The summed E-state index contributed by atoms with van der Waals surface area (Å²) in [5, 5.41) is 0. The number of hydrogen-bond acceptors (Lipinski definition) is 4. The molecule has 0 radical (unpaired) electrons. The van der Waals surface area contributed by atoms with E-state index in [1.54, 1.807) is 6.92 Å². The Balaban J connectivity index is 2.23. The van der Waals surface area contributed by atoms with E-state index in [0.29, 0.717) is 6.61 Å². The van der Waals surface area contributed by atoms with Crippen LogP contribution in [0.3, 0.4) is 0 Å². The Morgan fingerprint density at radius 3 is 2.57 bits per heavy atom. The number of rotatable bonds is 9. The highest BCUT2D eigenvalue weighted by molar-refractivity contribution is 6.23. The van der Waals surface area contributed by atoms with Crippen molar-refractivity contribution in [2.75, 3.05) is 6.61 Å². The second kappa shape index (κ2) is 10.5. The highest BCUT2D eigenvalue weighted by Gasteiger charge is 2.24. The van der Waals surface area contributed by atoms with Crippen LogP contribution in [0.1, 0.15) is 71.6 Å². The van der Waals surface area contributed by atoms with E-state index in [1.807, 2.05) is 0 Å². The largest absolute Gasteiger partial charge is 0.461 e. The lowest BCUT2D eigenvalue weighted by atomic mass is 9.84. The Morgan fingerprint density at radius 2 is 1.90 bits per heavy atom. The van der Waals surface area contributed by atoms with E-state index in [1.165, 1.54) is 19.1 Å². The van der Waals surface area contributed by atoms with Crippen LogP contribution in [0.5, 0.6) is 0 Å². The van der Waals surface area contributed by atoms with Crippen LogP contribution in [0.2, 0.25) is 0 Å². The van der Waals surface area contributed by atoms with Crippen LogP contribution in [0.15, 0.2) is 4.99 Å². The van der Waals surface area contributed by atoms with Crippen LogP contribution in [-0.4, -0.2) is 30.6 Å². The fourth-order valence-electron chi connectivity index (χ4n) is 2.71. The number of nitrogens with zero attached hydrogens (tertiary/aromatic N) is 1. The van der Waals surface area contributed by atoms with Crippen molar-refractivity contribution in [1.82, 2.24) is 0 Å². The number of carbonyl (C=O) groups excluding carboxylic acids is 2. The third-order valence-corrected chi connectivity index (χ3v) is 4.07. The highest BCUT2D eigenvalue weighted by atomic mass is 16.5. The van der Waals surface area contributed by atoms with Gasteiger partial charge in [0.25, 0.3) is 0 Å². The fraction of sp³-hybridized carbons (Fsp3) is 0.824. The van der Waals surface area contributed by atoms with Gasteiger partial charge in [-0.05, 0) is 26.2 Å². The van der Waals surface area contributed by atoms with Crippen molar-refractivity contribution in [2.24, 2.45) is 10.9 Å². The zero-order chi connectivity index (χ0) is 15.5. The van der Waals surface area contributed by atoms with Gasteiger partial charge in [0.1, 0.15) is 12.3 Å². The lowest BCUT2D eigenvalue weighted by Crippen LogP contribution is -2.26. The van der Waals surface area contributed by atoms with Crippen molar-refractivity contribution in [2.45, 2.75) is 77.7 Å². The van der Waals surface area contributed by atoms with Crippen LogP contribution in [0, 0.1) is 5.92 Å². The number of aliphatic imine (C=N–C) groups is 1. The summed E-state index contributed by atoms with van der Waals surface area (Å²) >= 11 is 0. The molecule has 0 aromatic heterocycles. The molecular formula is C17H29NO3. The summed E-state index contributed by atoms with van der Waals surface area (Å²) in [5.41, 5.74) is 0. The van der Waals surface area contributed by atoms with Gasteiger partial charge in [-0.3, -0.25) is 9.79 Å². The molecule has 0 aromatic rings. The SMILES string of the molecule is CCCCCCOC(=O)C=N[C@@H](C)C(=O)C1CCCCC1. The normalized spacial score (nSPS) is 17.8. The maximum Gasteiger partial charge on any atom is 0.348 e. The molecule has 120 valence electrons. The van der Waals surface area contributed by atoms with Gasteiger partial charge < -0.3 is 4.74 Å². The molecule has 0 N–H and O–H groups in total. The second-order valence-electron chi connectivity index (χ2n) is 5.92. The van der Waals surface area contributed by atoms with E-state index in [9.17, 15) is 9.59 Å². The van der Waals surface area contributed by atoms with Crippen molar-refractivity contribution >= 4 is 18.0 Å². The Bertz CT molecular complexity index is 346. The minimum Gasteiger partial charge on any atom is -0.461 e. The molecular weight excluding hydrogens is 266 g/mol. The summed E-state index contributed by atoms with van der Waals surface area (Å²) in [6.07, 6.45) is 10.9. The van der Waals surface area contributed by atoms with Crippen LogP contribution in [-0.2, 0) is 14.3 Å². The molecule has 0 amide bonds. The first-order chi connectivity index (χ1) is 10.1. The summed E-state index contributed by atoms with van der Waals surface area (Å²) in [6, 6.07) is -0.430. The van der Waals surface area contributed by atoms with Crippen LogP contribution in [0.25, 0.3) is 0 Å². The molecule has 0 heterocycles. The van der Waals surface area contributed by atoms with Gasteiger partial charge in [-0.2, -0.15) is 0 Å². The first-order valence-electron chi connectivity index (χ1n) is 8.38. The third kappa shape index (κ3) is 7.39. The molecule has 4 heteroatoms. The average Bonchev–Trinajstić information content (AvgIpc) is 2.52. The van der Waals surface area contributed by atoms with Gasteiger partial charge in [-0.1, -0.05) is 45.4 Å². The predicted molar refractivity (Wildman–Crippen MR) is 84.6 cm³/mol. The quantitative estimate of drug-likeness (QED) is 0.370. The third-order valence-electron chi connectivity index (χ3n) is 4.07. The number of hydrogen-bond donors (Lipinski definition) is 0. The topological polar surface area (TPSA) is 55.7 Å². The van der Waals surface area contributed by atoms with E-state index < -0.39 is 12.0 Å². The van der Waals surface area contributed by atoms with Crippen LogP contribution >= 0.6 is 0 Å². The molecule has 0 bridgehead atoms. The lowest BCUT2D eigenvalue weighted by Gasteiger charge is -2.21. The van der Waals surface area contributed by atoms with Crippen LogP contribution in [0.4, 0.5) is 0 Å². The number of ketones is 1. The molecule has 1 saturated carbocycles. The Kier molecular flexibility index (Phi) is 8.95. The minimum absolute atomic E-state index is 0.135. The first kappa shape index (κ1) is 17.9. The van der Waals surface area contributed by atoms with Gasteiger partial charge in [-0.25, -0.2) is 4.79 Å². The fourth-order valence-corrected chi connectivity index (χ4v) is 2.71. The van der Waals surface area contributed by atoms with Gasteiger partial charge in [0.2, 0.25) is 0 Å². The number of ether oxygens (including phenoxy) is 1. The standard InChI is InChI=1S/C17H29NO3/c1-3-4-5-9-12-21-16(19)13-18-14(2)17(20)15-10-7-6-8-11-15/h13-15H,3-12H2,1-2H3/t14-/m0/s1. The van der Waals surface area contributed by atoms with Crippen molar-refractivity contribution in [1.29, 1.82) is 0 Å². The van der Waals surface area contributed by atoms with Crippen molar-refractivity contribution in [3.63, 3.8) is 0 Å². The smallest absolute Gasteiger partial charge is 0.348 e. The van der Waals surface area contributed by atoms with E-state index in [-0.39, 0.29) is 11.7 Å². The lowest BCUT2D eigenvalue weighted by molar-refractivity contribution is -0.135.